The summed E-state index contributed by atoms with van der Waals surface area (Å²) < 4.78 is 14.1. The largest absolute Gasteiger partial charge is 0.345 e. The number of aromatic amines is 2. The van der Waals surface area contributed by atoms with Crippen LogP contribution < -0.4 is 5.32 Å². The highest BCUT2D eigenvalue weighted by Gasteiger charge is 2.16. The minimum absolute atomic E-state index is 0.191. The van der Waals surface area contributed by atoms with E-state index in [2.05, 4.69) is 22.2 Å². The van der Waals surface area contributed by atoms with Crippen LogP contribution in [0.5, 0.6) is 0 Å². The fourth-order valence-corrected chi connectivity index (χ4v) is 2.90. The summed E-state index contributed by atoms with van der Waals surface area (Å²) in [6, 6.07) is 10.4. The second-order valence-corrected chi connectivity index (χ2v) is 6.15. The van der Waals surface area contributed by atoms with Crippen molar-refractivity contribution in [3.63, 3.8) is 0 Å². The summed E-state index contributed by atoms with van der Waals surface area (Å²) in [6.07, 6.45) is 0.967. The van der Waals surface area contributed by atoms with E-state index in [4.69, 9.17) is 12.2 Å². The lowest BCUT2D eigenvalue weighted by Gasteiger charge is -2.15. The third-order valence-electron chi connectivity index (χ3n) is 4.07. The first-order valence-corrected chi connectivity index (χ1v) is 8.20. The number of rotatable bonds is 4. The number of hydrogen-bond donors (Lipinski definition) is 3. The van der Waals surface area contributed by atoms with E-state index in [1.807, 2.05) is 31.2 Å². The van der Waals surface area contributed by atoms with E-state index >= 15 is 0 Å². The van der Waals surface area contributed by atoms with Crippen LogP contribution in [0, 0.1) is 10.6 Å². The average molecular weight is 343 g/mol. The van der Waals surface area contributed by atoms with Crippen molar-refractivity contribution in [2.24, 2.45) is 0 Å². The molecule has 1 amide bonds. The zero-order valence-electron chi connectivity index (χ0n) is 13.4. The lowest BCUT2D eigenvalue weighted by atomic mass is 10.0. The third kappa shape index (κ3) is 3.23. The fourth-order valence-electron chi connectivity index (χ4n) is 2.69. The molecule has 0 bridgehead atoms. The summed E-state index contributed by atoms with van der Waals surface area (Å²) in [4.78, 5) is 18.3. The third-order valence-corrected chi connectivity index (χ3v) is 4.27. The van der Waals surface area contributed by atoms with Crippen molar-refractivity contribution in [2.75, 3.05) is 0 Å². The van der Waals surface area contributed by atoms with Crippen molar-refractivity contribution < 1.29 is 9.18 Å². The van der Waals surface area contributed by atoms with Crippen molar-refractivity contribution >= 4 is 29.2 Å². The molecule has 3 N–H and O–H groups in total. The summed E-state index contributed by atoms with van der Waals surface area (Å²) in [6.45, 7) is 3.99. The zero-order valence-corrected chi connectivity index (χ0v) is 14.3. The van der Waals surface area contributed by atoms with Crippen LogP contribution in [-0.4, -0.2) is 15.9 Å². The van der Waals surface area contributed by atoms with E-state index in [1.165, 1.54) is 17.7 Å². The number of imidazole rings is 1. The van der Waals surface area contributed by atoms with Crippen LogP contribution in [0.2, 0.25) is 0 Å². The molecule has 24 heavy (non-hydrogen) atoms. The molecule has 0 aliphatic heterocycles. The Labute approximate surface area is 144 Å². The number of carbonyl (C=O) groups excluding carboxylic acids is 1. The quantitative estimate of drug-likeness (QED) is 0.614. The van der Waals surface area contributed by atoms with Crippen molar-refractivity contribution in [2.45, 2.75) is 26.3 Å². The van der Waals surface area contributed by atoms with Gasteiger partial charge < -0.3 is 15.3 Å². The van der Waals surface area contributed by atoms with Gasteiger partial charge in [-0.1, -0.05) is 31.2 Å². The predicted octanol–water partition coefficient (Wildman–Crippen LogP) is 4.42. The van der Waals surface area contributed by atoms with Crippen molar-refractivity contribution in [3.8, 4) is 0 Å². The number of fused-ring (bicyclic) bond motifs is 1. The molecule has 2 aromatic carbocycles. The number of H-pyrrole nitrogens is 2. The van der Waals surface area contributed by atoms with Gasteiger partial charge in [0.25, 0.3) is 5.91 Å². The molecule has 0 fully saturated rings. The topological polar surface area (TPSA) is 60.7 Å². The van der Waals surface area contributed by atoms with Crippen molar-refractivity contribution in [3.05, 3.63) is 63.7 Å². The van der Waals surface area contributed by atoms with E-state index in [9.17, 15) is 9.18 Å². The Kier molecular flexibility index (Phi) is 4.49. The summed E-state index contributed by atoms with van der Waals surface area (Å²) in [7, 11) is 0. The van der Waals surface area contributed by atoms with Gasteiger partial charge in [-0.25, -0.2) is 4.39 Å². The number of carbonyl (C=O) groups is 1. The molecule has 1 unspecified atom stereocenters. The summed E-state index contributed by atoms with van der Waals surface area (Å²) in [5.41, 5.74) is 3.45. The molecule has 0 aliphatic rings. The van der Waals surface area contributed by atoms with Crippen LogP contribution in [0.15, 0.2) is 36.4 Å². The van der Waals surface area contributed by atoms with E-state index in [-0.39, 0.29) is 17.5 Å². The number of benzene rings is 2. The molecule has 0 saturated heterocycles. The second kappa shape index (κ2) is 6.57. The maximum Gasteiger partial charge on any atom is 0.254 e. The Hall–Kier alpha value is -2.47. The van der Waals surface area contributed by atoms with E-state index in [0.29, 0.717) is 15.8 Å². The fraction of sp³-hybridized carbons (Fsp3) is 0.222. The van der Waals surface area contributed by atoms with Crippen LogP contribution in [0.25, 0.3) is 11.0 Å². The van der Waals surface area contributed by atoms with Gasteiger partial charge in [0, 0.05) is 0 Å². The Morgan fingerprint density at radius 3 is 2.62 bits per heavy atom. The van der Waals surface area contributed by atoms with Crippen molar-refractivity contribution in [1.29, 1.82) is 0 Å². The maximum absolute atomic E-state index is 13.8. The Morgan fingerprint density at radius 1 is 1.25 bits per heavy atom. The molecule has 4 nitrogen and oxygen atoms in total. The normalized spacial score (nSPS) is 12.3. The lowest BCUT2D eigenvalue weighted by Crippen LogP contribution is -2.27. The van der Waals surface area contributed by atoms with Gasteiger partial charge >= 0.3 is 0 Å². The molecular formula is C18H18FN3OS. The molecule has 0 spiro atoms. The van der Waals surface area contributed by atoms with Gasteiger partial charge in [-0.2, -0.15) is 0 Å². The lowest BCUT2D eigenvalue weighted by molar-refractivity contribution is 0.0941. The standard InChI is InChI=1S/C18H18FN3OS/c1-3-11-4-6-12(7-5-11)10(2)20-17(23)14-8-13(19)9-15-16(14)22-18(24)21-15/h4-10H,3H2,1-2H3,(H,20,23)(H2,21,22,24). The SMILES string of the molecule is CCc1ccc(C(C)NC(=O)c2cc(F)cc3[nH]c(=S)[nH]c23)cc1. The van der Waals surface area contributed by atoms with Crippen LogP contribution in [0.4, 0.5) is 4.39 Å². The van der Waals surface area contributed by atoms with Crippen LogP contribution >= 0.6 is 12.2 Å². The van der Waals surface area contributed by atoms with E-state index < -0.39 is 5.82 Å². The highest BCUT2D eigenvalue weighted by molar-refractivity contribution is 7.71. The van der Waals surface area contributed by atoms with E-state index in [1.54, 1.807) is 0 Å². The molecular weight excluding hydrogens is 325 g/mol. The monoisotopic (exact) mass is 343 g/mol. The molecule has 0 radical (unpaired) electrons. The minimum Gasteiger partial charge on any atom is -0.345 e. The first-order chi connectivity index (χ1) is 11.5. The van der Waals surface area contributed by atoms with E-state index in [0.717, 1.165) is 12.0 Å². The molecule has 1 aromatic heterocycles. The molecule has 0 saturated carbocycles. The van der Waals surface area contributed by atoms with Gasteiger partial charge in [-0.3, -0.25) is 4.79 Å². The number of nitrogens with one attached hydrogen (secondary N) is 3. The van der Waals surface area contributed by atoms with Crippen LogP contribution in [0.1, 0.15) is 41.4 Å². The number of amides is 1. The molecule has 1 atom stereocenters. The van der Waals surface area contributed by atoms with Crippen molar-refractivity contribution in [1.82, 2.24) is 15.3 Å². The zero-order chi connectivity index (χ0) is 17.3. The van der Waals surface area contributed by atoms with Crippen LogP contribution in [0.3, 0.4) is 0 Å². The first kappa shape index (κ1) is 16.4. The Bertz CT molecular complexity index is 943. The van der Waals surface area contributed by atoms with Gasteiger partial charge in [0.1, 0.15) is 5.82 Å². The van der Waals surface area contributed by atoms with Gasteiger partial charge in [0.2, 0.25) is 0 Å². The molecule has 124 valence electrons. The van der Waals surface area contributed by atoms with Gasteiger partial charge in [-0.15, -0.1) is 0 Å². The number of aromatic nitrogens is 2. The molecule has 3 aromatic rings. The molecule has 1 heterocycles. The van der Waals surface area contributed by atoms with Gasteiger partial charge in [0.15, 0.2) is 4.77 Å². The Balaban J connectivity index is 1.87. The first-order valence-electron chi connectivity index (χ1n) is 7.79. The average Bonchev–Trinajstić information content (AvgIpc) is 2.93. The minimum atomic E-state index is -0.488. The summed E-state index contributed by atoms with van der Waals surface area (Å²) in [5.74, 6) is -0.838. The van der Waals surface area contributed by atoms with Gasteiger partial charge in [0.05, 0.1) is 22.6 Å². The summed E-state index contributed by atoms with van der Waals surface area (Å²) in [5, 5.41) is 2.91. The highest BCUT2D eigenvalue weighted by atomic mass is 32.1. The van der Waals surface area contributed by atoms with Gasteiger partial charge in [-0.05, 0) is 48.8 Å². The predicted molar refractivity (Wildman–Crippen MR) is 95.1 cm³/mol. The second-order valence-electron chi connectivity index (χ2n) is 5.75. The van der Waals surface area contributed by atoms with Crippen LogP contribution in [-0.2, 0) is 6.42 Å². The number of hydrogen-bond acceptors (Lipinski definition) is 2. The highest BCUT2D eigenvalue weighted by Crippen LogP contribution is 2.20. The smallest absolute Gasteiger partial charge is 0.254 e. The Morgan fingerprint density at radius 2 is 1.96 bits per heavy atom. The number of halogens is 1. The molecule has 3 rings (SSSR count). The molecule has 0 aliphatic carbocycles. The molecule has 6 heteroatoms. The number of aryl methyl sites for hydroxylation is 1. The summed E-state index contributed by atoms with van der Waals surface area (Å²) >= 11 is 5.03. The maximum atomic E-state index is 13.8.